The Morgan fingerprint density at radius 2 is 1.95 bits per heavy atom. The lowest BCUT2D eigenvalue weighted by atomic mass is 10.1. The Morgan fingerprint density at radius 3 is 2.80 bits per heavy atom. The van der Waals surface area contributed by atoms with Crippen molar-refractivity contribution in [2.75, 3.05) is 5.32 Å². The third-order valence-corrected chi connectivity index (χ3v) is 3.97. The Morgan fingerprint density at radius 1 is 1.15 bits per heavy atom. The number of amides is 1. The zero-order chi connectivity index (χ0) is 14.1. The molecule has 0 aromatic heterocycles. The van der Waals surface area contributed by atoms with Gasteiger partial charge in [-0.2, -0.15) is 0 Å². The molecule has 1 amide bonds. The van der Waals surface area contributed by atoms with Gasteiger partial charge in [0.15, 0.2) is 0 Å². The maximum absolute atomic E-state index is 13.2. The third kappa shape index (κ3) is 2.59. The first-order valence-electron chi connectivity index (χ1n) is 6.22. The molecule has 0 bridgehead atoms. The van der Waals surface area contributed by atoms with Gasteiger partial charge in [0, 0.05) is 23.1 Å². The molecule has 0 saturated carbocycles. The number of anilines is 1. The van der Waals surface area contributed by atoms with Crippen LogP contribution in [-0.2, 0) is 13.1 Å². The molecule has 0 atom stereocenters. The number of nitrogens with one attached hydrogen (secondary N) is 2. The molecule has 3 rings (SSSR count). The van der Waals surface area contributed by atoms with Crippen LogP contribution < -0.4 is 10.6 Å². The molecule has 0 fully saturated rings. The van der Waals surface area contributed by atoms with Crippen molar-refractivity contribution >= 4 is 27.5 Å². The number of halogens is 2. The molecule has 0 spiro atoms. The second-order valence-electron chi connectivity index (χ2n) is 4.67. The van der Waals surface area contributed by atoms with Crippen LogP contribution in [0.4, 0.5) is 10.1 Å². The number of benzene rings is 2. The topological polar surface area (TPSA) is 41.1 Å². The van der Waals surface area contributed by atoms with Crippen LogP contribution in [0.3, 0.4) is 0 Å². The van der Waals surface area contributed by atoms with Gasteiger partial charge in [-0.1, -0.05) is 6.07 Å². The molecule has 2 aromatic carbocycles. The first-order chi connectivity index (χ1) is 9.63. The minimum Gasteiger partial charge on any atom is -0.321 e. The van der Waals surface area contributed by atoms with Crippen LogP contribution in [0.1, 0.15) is 21.5 Å². The first-order valence-corrected chi connectivity index (χ1v) is 7.02. The summed E-state index contributed by atoms with van der Waals surface area (Å²) < 4.78 is 13.8. The van der Waals surface area contributed by atoms with Gasteiger partial charge in [0.2, 0.25) is 0 Å². The Balaban J connectivity index is 1.84. The minimum absolute atomic E-state index is 0.244. The van der Waals surface area contributed by atoms with Gasteiger partial charge in [0.1, 0.15) is 5.82 Å². The highest BCUT2D eigenvalue weighted by molar-refractivity contribution is 9.10. The molecule has 2 aromatic rings. The van der Waals surface area contributed by atoms with Gasteiger partial charge in [-0.05, 0) is 57.4 Å². The van der Waals surface area contributed by atoms with E-state index in [1.807, 2.05) is 12.1 Å². The van der Waals surface area contributed by atoms with Crippen molar-refractivity contribution in [3.63, 3.8) is 0 Å². The van der Waals surface area contributed by atoms with E-state index in [-0.39, 0.29) is 11.7 Å². The standard InChI is InChI=1S/C15H12BrFN2O/c16-13-4-3-12(17)6-14(13)19-15(20)9-1-2-10-7-18-8-11(10)5-9/h1-6,18H,7-8H2,(H,19,20). The van der Waals surface area contributed by atoms with Gasteiger partial charge in [0.05, 0.1) is 5.69 Å². The van der Waals surface area contributed by atoms with E-state index in [0.29, 0.717) is 15.7 Å². The van der Waals surface area contributed by atoms with Crippen molar-refractivity contribution in [3.8, 4) is 0 Å². The molecule has 1 heterocycles. The number of carbonyl (C=O) groups is 1. The largest absolute Gasteiger partial charge is 0.321 e. The first kappa shape index (κ1) is 13.3. The van der Waals surface area contributed by atoms with Gasteiger partial charge < -0.3 is 10.6 Å². The third-order valence-electron chi connectivity index (χ3n) is 3.28. The van der Waals surface area contributed by atoms with Crippen molar-refractivity contribution in [2.45, 2.75) is 13.1 Å². The highest BCUT2D eigenvalue weighted by Gasteiger charge is 2.14. The summed E-state index contributed by atoms with van der Waals surface area (Å²) in [4.78, 5) is 12.2. The lowest BCUT2D eigenvalue weighted by Crippen LogP contribution is -2.13. The van der Waals surface area contributed by atoms with Crippen LogP contribution in [-0.4, -0.2) is 5.91 Å². The summed E-state index contributed by atoms with van der Waals surface area (Å²) in [6, 6.07) is 9.80. The smallest absolute Gasteiger partial charge is 0.255 e. The Labute approximate surface area is 124 Å². The van der Waals surface area contributed by atoms with E-state index in [4.69, 9.17) is 0 Å². The lowest BCUT2D eigenvalue weighted by molar-refractivity contribution is 0.102. The Bertz CT molecular complexity index is 688. The zero-order valence-electron chi connectivity index (χ0n) is 10.5. The summed E-state index contributed by atoms with van der Waals surface area (Å²) >= 11 is 3.29. The van der Waals surface area contributed by atoms with E-state index in [1.165, 1.54) is 17.7 Å². The van der Waals surface area contributed by atoms with Crippen LogP contribution in [0.25, 0.3) is 0 Å². The van der Waals surface area contributed by atoms with E-state index in [0.717, 1.165) is 18.7 Å². The van der Waals surface area contributed by atoms with Crippen LogP contribution >= 0.6 is 15.9 Å². The van der Waals surface area contributed by atoms with Crippen molar-refractivity contribution in [3.05, 3.63) is 63.4 Å². The van der Waals surface area contributed by atoms with E-state index < -0.39 is 0 Å². The van der Waals surface area contributed by atoms with Crippen LogP contribution in [0.2, 0.25) is 0 Å². The zero-order valence-corrected chi connectivity index (χ0v) is 12.1. The number of hydrogen-bond donors (Lipinski definition) is 2. The summed E-state index contributed by atoms with van der Waals surface area (Å²) in [5.41, 5.74) is 3.35. The Kier molecular flexibility index (Phi) is 3.54. The fourth-order valence-corrected chi connectivity index (χ4v) is 2.57. The Hall–Kier alpha value is -1.72. The normalized spacial score (nSPS) is 13.1. The maximum atomic E-state index is 13.2. The molecule has 2 N–H and O–H groups in total. The molecule has 20 heavy (non-hydrogen) atoms. The SMILES string of the molecule is O=C(Nc1cc(F)ccc1Br)c1ccc2c(c1)CNC2. The van der Waals surface area contributed by atoms with Gasteiger partial charge >= 0.3 is 0 Å². The van der Waals surface area contributed by atoms with Crippen molar-refractivity contribution < 1.29 is 9.18 Å². The average molecular weight is 335 g/mol. The number of rotatable bonds is 2. The van der Waals surface area contributed by atoms with Gasteiger partial charge in [-0.25, -0.2) is 4.39 Å². The second-order valence-corrected chi connectivity index (χ2v) is 5.52. The summed E-state index contributed by atoms with van der Waals surface area (Å²) in [7, 11) is 0. The van der Waals surface area contributed by atoms with Crippen LogP contribution in [0.15, 0.2) is 40.9 Å². The molecule has 0 radical (unpaired) electrons. The molecule has 1 aliphatic heterocycles. The highest BCUT2D eigenvalue weighted by atomic mass is 79.9. The van der Waals surface area contributed by atoms with Gasteiger partial charge in [-0.3, -0.25) is 4.79 Å². The molecular formula is C15H12BrFN2O. The van der Waals surface area contributed by atoms with Crippen LogP contribution in [0.5, 0.6) is 0 Å². The van der Waals surface area contributed by atoms with E-state index in [9.17, 15) is 9.18 Å². The summed E-state index contributed by atoms with van der Waals surface area (Å²) in [6.07, 6.45) is 0. The summed E-state index contributed by atoms with van der Waals surface area (Å²) in [5, 5.41) is 5.94. The quantitative estimate of drug-likeness (QED) is 0.883. The summed E-state index contributed by atoms with van der Waals surface area (Å²) in [6.45, 7) is 1.62. The monoisotopic (exact) mass is 334 g/mol. The van der Waals surface area contributed by atoms with Gasteiger partial charge in [-0.15, -0.1) is 0 Å². The lowest BCUT2D eigenvalue weighted by Gasteiger charge is -2.08. The number of fused-ring (bicyclic) bond motifs is 1. The van der Waals surface area contributed by atoms with Crippen molar-refractivity contribution in [1.29, 1.82) is 0 Å². The second kappa shape index (κ2) is 5.34. The molecule has 0 saturated heterocycles. The van der Waals surface area contributed by atoms with Crippen LogP contribution in [0, 0.1) is 5.82 Å². The molecule has 0 unspecified atom stereocenters. The molecular weight excluding hydrogens is 323 g/mol. The fraction of sp³-hybridized carbons (Fsp3) is 0.133. The number of hydrogen-bond acceptors (Lipinski definition) is 2. The maximum Gasteiger partial charge on any atom is 0.255 e. The predicted molar refractivity (Wildman–Crippen MR) is 79.0 cm³/mol. The number of carbonyl (C=O) groups excluding carboxylic acids is 1. The molecule has 3 nitrogen and oxygen atoms in total. The van der Waals surface area contributed by atoms with Crippen molar-refractivity contribution in [1.82, 2.24) is 5.32 Å². The molecule has 1 aliphatic rings. The van der Waals surface area contributed by atoms with Gasteiger partial charge in [0.25, 0.3) is 5.91 Å². The average Bonchev–Trinajstić information content (AvgIpc) is 2.90. The molecule has 102 valence electrons. The van der Waals surface area contributed by atoms with E-state index in [1.54, 1.807) is 12.1 Å². The van der Waals surface area contributed by atoms with E-state index >= 15 is 0 Å². The molecule has 0 aliphatic carbocycles. The highest BCUT2D eigenvalue weighted by Crippen LogP contribution is 2.24. The molecule has 5 heteroatoms. The van der Waals surface area contributed by atoms with Crippen molar-refractivity contribution in [2.24, 2.45) is 0 Å². The van der Waals surface area contributed by atoms with E-state index in [2.05, 4.69) is 26.6 Å². The minimum atomic E-state index is -0.387. The summed E-state index contributed by atoms with van der Waals surface area (Å²) in [5.74, 6) is -0.632. The fourth-order valence-electron chi connectivity index (χ4n) is 2.22. The predicted octanol–water partition coefficient (Wildman–Crippen LogP) is 3.44.